The molecular weight excluding hydrogens is 374 g/mol. The summed E-state index contributed by atoms with van der Waals surface area (Å²) in [5.41, 5.74) is 6.05. The molecule has 1 N–H and O–H groups in total. The van der Waals surface area contributed by atoms with Crippen molar-refractivity contribution in [3.63, 3.8) is 0 Å². The second kappa shape index (κ2) is 9.29. The minimum absolute atomic E-state index is 0. The molecule has 1 saturated carbocycles. The van der Waals surface area contributed by atoms with Crippen LogP contribution in [-0.2, 0) is 19.4 Å². The third-order valence-electron chi connectivity index (χ3n) is 6.02. The minimum atomic E-state index is 0. The van der Waals surface area contributed by atoms with Gasteiger partial charge in [0.1, 0.15) is 0 Å². The predicted octanol–water partition coefficient (Wildman–Crippen LogP) is 5.99. The van der Waals surface area contributed by atoms with Gasteiger partial charge in [0.2, 0.25) is 0 Å². The van der Waals surface area contributed by atoms with E-state index in [9.17, 15) is 0 Å². The lowest BCUT2D eigenvalue weighted by Gasteiger charge is -2.29. The second-order valence-electron chi connectivity index (χ2n) is 7.92. The van der Waals surface area contributed by atoms with Crippen LogP contribution in [0.1, 0.15) is 60.6 Å². The van der Waals surface area contributed by atoms with Crippen LogP contribution in [0, 0.1) is 12.8 Å². The number of fused-ring (bicyclic) bond motifs is 1. The van der Waals surface area contributed by atoms with Gasteiger partial charge in [0.15, 0.2) is 5.13 Å². The van der Waals surface area contributed by atoms with E-state index in [1.54, 1.807) is 22.5 Å². The van der Waals surface area contributed by atoms with Gasteiger partial charge in [-0.25, -0.2) is 4.98 Å². The van der Waals surface area contributed by atoms with Gasteiger partial charge >= 0.3 is 0 Å². The van der Waals surface area contributed by atoms with E-state index in [1.807, 2.05) is 6.20 Å². The van der Waals surface area contributed by atoms with Crippen molar-refractivity contribution in [3.8, 4) is 0 Å². The van der Waals surface area contributed by atoms with Crippen molar-refractivity contribution in [2.45, 2.75) is 65.3 Å². The Hall–Kier alpha value is -1.26. The van der Waals surface area contributed by atoms with Crippen molar-refractivity contribution in [2.75, 3.05) is 23.3 Å². The standard InChI is InChI=1S/C22H31N3S.ClH/c1-3-25(15-17-7-4-5-8-17)21-12-19-10-6-9-18(19)11-20(21)14-24-22-23-13-16(2)26-22;/h11-13,17H,3-10,14-15H2,1-2H3,(H,23,24);1H. The van der Waals surface area contributed by atoms with E-state index >= 15 is 0 Å². The fourth-order valence-electron chi connectivity index (χ4n) is 4.61. The number of halogens is 1. The molecule has 0 bridgehead atoms. The molecule has 27 heavy (non-hydrogen) atoms. The molecule has 1 aromatic carbocycles. The number of nitrogens with one attached hydrogen (secondary N) is 1. The molecule has 2 aliphatic carbocycles. The molecule has 1 aromatic heterocycles. The maximum atomic E-state index is 4.47. The third kappa shape index (κ3) is 4.78. The van der Waals surface area contributed by atoms with Crippen molar-refractivity contribution in [2.24, 2.45) is 5.92 Å². The van der Waals surface area contributed by atoms with Crippen LogP contribution in [0.5, 0.6) is 0 Å². The molecule has 148 valence electrons. The van der Waals surface area contributed by atoms with Gasteiger partial charge in [-0.3, -0.25) is 0 Å². The van der Waals surface area contributed by atoms with E-state index in [1.165, 1.54) is 67.6 Å². The zero-order chi connectivity index (χ0) is 17.9. The summed E-state index contributed by atoms with van der Waals surface area (Å²) >= 11 is 1.74. The quantitative estimate of drug-likeness (QED) is 0.613. The third-order valence-corrected chi connectivity index (χ3v) is 6.89. The van der Waals surface area contributed by atoms with E-state index in [4.69, 9.17) is 0 Å². The number of hydrogen-bond acceptors (Lipinski definition) is 4. The SMILES string of the molecule is CCN(CC1CCCC1)c1cc2c(cc1CNc1ncc(C)s1)CCC2.Cl. The summed E-state index contributed by atoms with van der Waals surface area (Å²) in [6.07, 6.45) is 11.4. The van der Waals surface area contributed by atoms with Crippen molar-refractivity contribution >= 4 is 34.6 Å². The summed E-state index contributed by atoms with van der Waals surface area (Å²) in [6, 6.07) is 4.98. The second-order valence-corrected chi connectivity index (χ2v) is 9.16. The van der Waals surface area contributed by atoms with Gasteiger partial charge in [0.05, 0.1) is 0 Å². The van der Waals surface area contributed by atoms with Gasteiger partial charge < -0.3 is 10.2 Å². The molecule has 4 rings (SSSR count). The summed E-state index contributed by atoms with van der Waals surface area (Å²) in [6.45, 7) is 7.61. The summed E-state index contributed by atoms with van der Waals surface area (Å²) in [5.74, 6) is 0.880. The summed E-state index contributed by atoms with van der Waals surface area (Å²) in [7, 11) is 0. The molecule has 1 fully saturated rings. The lowest BCUT2D eigenvalue weighted by Crippen LogP contribution is -2.29. The van der Waals surface area contributed by atoms with Crippen LogP contribution in [-0.4, -0.2) is 18.1 Å². The Kier molecular flexibility index (Phi) is 7.04. The Morgan fingerprint density at radius 2 is 1.89 bits per heavy atom. The number of anilines is 2. The molecular formula is C22H32ClN3S. The molecule has 1 heterocycles. The van der Waals surface area contributed by atoms with Crippen LogP contribution >= 0.6 is 23.7 Å². The highest BCUT2D eigenvalue weighted by molar-refractivity contribution is 7.15. The molecule has 0 amide bonds. The van der Waals surface area contributed by atoms with Crippen LogP contribution in [0.2, 0.25) is 0 Å². The van der Waals surface area contributed by atoms with Crippen LogP contribution in [0.15, 0.2) is 18.3 Å². The van der Waals surface area contributed by atoms with Gasteiger partial charge in [-0.05, 0) is 74.6 Å². The largest absolute Gasteiger partial charge is 0.371 e. The molecule has 3 nitrogen and oxygen atoms in total. The van der Waals surface area contributed by atoms with Crippen LogP contribution in [0.3, 0.4) is 0 Å². The van der Waals surface area contributed by atoms with Crippen molar-refractivity contribution in [1.29, 1.82) is 0 Å². The van der Waals surface area contributed by atoms with E-state index in [0.29, 0.717) is 0 Å². The highest BCUT2D eigenvalue weighted by Crippen LogP contribution is 2.34. The van der Waals surface area contributed by atoms with Gasteiger partial charge in [0, 0.05) is 36.4 Å². The number of nitrogens with zero attached hydrogens (tertiary/aromatic N) is 2. The average Bonchev–Trinajstić information content (AvgIpc) is 3.39. The zero-order valence-electron chi connectivity index (χ0n) is 16.6. The molecule has 0 atom stereocenters. The first-order valence-electron chi connectivity index (χ1n) is 10.3. The van der Waals surface area contributed by atoms with Crippen LogP contribution < -0.4 is 10.2 Å². The smallest absolute Gasteiger partial charge is 0.183 e. The molecule has 0 radical (unpaired) electrons. The lowest BCUT2D eigenvalue weighted by atomic mass is 10.0. The van der Waals surface area contributed by atoms with Crippen molar-refractivity contribution < 1.29 is 0 Å². The summed E-state index contributed by atoms with van der Waals surface area (Å²) < 4.78 is 0. The zero-order valence-corrected chi connectivity index (χ0v) is 18.2. The lowest BCUT2D eigenvalue weighted by molar-refractivity contribution is 0.535. The fraction of sp³-hybridized carbons (Fsp3) is 0.591. The number of aromatic nitrogens is 1. The number of aryl methyl sites for hydroxylation is 3. The molecule has 2 aliphatic rings. The van der Waals surface area contributed by atoms with Gasteiger partial charge in [-0.1, -0.05) is 18.9 Å². The van der Waals surface area contributed by atoms with Crippen LogP contribution in [0.25, 0.3) is 0 Å². The van der Waals surface area contributed by atoms with E-state index in [0.717, 1.165) is 24.1 Å². The maximum absolute atomic E-state index is 4.47. The predicted molar refractivity (Wildman–Crippen MR) is 120 cm³/mol. The number of thiazole rings is 1. The molecule has 0 unspecified atom stereocenters. The van der Waals surface area contributed by atoms with E-state index < -0.39 is 0 Å². The Morgan fingerprint density at radius 1 is 1.15 bits per heavy atom. The maximum Gasteiger partial charge on any atom is 0.183 e. The first-order valence-corrected chi connectivity index (χ1v) is 11.1. The highest BCUT2D eigenvalue weighted by Gasteiger charge is 2.22. The van der Waals surface area contributed by atoms with Gasteiger partial charge in [-0.15, -0.1) is 23.7 Å². The Morgan fingerprint density at radius 3 is 2.56 bits per heavy atom. The van der Waals surface area contributed by atoms with E-state index in [-0.39, 0.29) is 12.4 Å². The van der Waals surface area contributed by atoms with Crippen LogP contribution in [0.4, 0.5) is 10.8 Å². The highest BCUT2D eigenvalue weighted by atomic mass is 35.5. The molecule has 0 spiro atoms. The molecule has 5 heteroatoms. The Labute approximate surface area is 174 Å². The van der Waals surface area contributed by atoms with Crippen molar-refractivity contribution in [1.82, 2.24) is 4.98 Å². The minimum Gasteiger partial charge on any atom is -0.371 e. The number of rotatable bonds is 7. The fourth-order valence-corrected chi connectivity index (χ4v) is 5.27. The number of benzene rings is 1. The van der Waals surface area contributed by atoms with E-state index in [2.05, 4.69) is 41.2 Å². The average molecular weight is 406 g/mol. The van der Waals surface area contributed by atoms with Gasteiger partial charge in [0.25, 0.3) is 0 Å². The first-order chi connectivity index (χ1) is 12.7. The molecule has 2 aromatic rings. The van der Waals surface area contributed by atoms with Crippen molar-refractivity contribution in [3.05, 3.63) is 39.9 Å². The normalized spacial score (nSPS) is 16.2. The van der Waals surface area contributed by atoms with Gasteiger partial charge in [-0.2, -0.15) is 0 Å². The summed E-state index contributed by atoms with van der Waals surface area (Å²) in [4.78, 5) is 8.37. The Bertz CT molecular complexity index is 752. The number of hydrogen-bond donors (Lipinski definition) is 1. The molecule has 0 saturated heterocycles. The molecule has 0 aliphatic heterocycles. The summed E-state index contributed by atoms with van der Waals surface area (Å²) in [5, 5.41) is 4.60. The first kappa shape index (κ1) is 20.5. The monoisotopic (exact) mass is 405 g/mol. The Balaban J connectivity index is 0.00000210. The topological polar surface area (TPSA) is 28.2 Å².